The molecule has 0 radical (unpaired) electrons. The molecule has 1 N–H and O–H groups in total. The molecule has 0 aliphatic carbocycles. The molecule has 25 heavy (non-hydrogen) atoms. The van der Waals surface area contributed by atoms with Gasteiger partial charge in [-0.05, 0) is 55.5 Å². The summed E-state index contributed by atoms with van der Waals surface area (Å²) in [6.07, 6.45) is 4.07. The predicted molar refractivity (Wildman–Crippen MR) is 101 cm³/mol. The van der Waals surface area contributed by atoms with Crippen LogP contribution in [0.4, 0.5) is 11.4 Å². The van der Waals surface area contributed by atoms with Gasteiger partial charge >= 0.3 is 0 Å². The first kappa shape index (κ1) is 17.3. The van der Waals surface area contributed by atoms with Gasteiger partial charge in [-0.15, -0.1) is 0 Å². The normalized spacial score (nSPS) is 15.1. The largest absolute Gasteiger partial charge is 0.495 e. The van der Waals surface area contributed by atoms with Crippen molar-refractivity contribution in [2.24, 2.45) is 5.92 Å². The lowest BCUT2D eigenvalue weighted by molar-refractivity contribution is 0.102. The SMILES string of the molecule is COc1ccc(C)cc1NC(=O)c1cc(N2CCC(C)CC2)ccn1. The van der Waals surface area contributed by atoms with Crippen LogP contribution in [-0.4, -0.2) is 31.1 Å². The molecule has 5 nitrogen and oxygen atoms in total. The van der Waals surface area contributed by atoms with Crippen molar-refractivity contribution in [1.82, 2.24) is 4.98 Å². The van der Waals surface area contributed by atoms with Gasteiger partial charge in [0.2, 0.25) is 0 Å². The second kappa shape index (κ2) is 7.55. The number of hydrogen-bond donors (Lipinski definition) is 1. The molecule has 1 saturated heterocycles. The maximum atomic E-state index is 12.6. The van der Waals surface area contributed by atoms with Crippen LogP contribution in [0.25, 0.3) is 0 Å². The zero-order valence-corrected chi connectivity index (χ0v) is 15.1. The molecular weight excluding hydrogens is 314 g/mol. The number of anilines is 2. The van der Waals surface area contributed by atoms with E-state index in [9.17, 15) is 4.79 Å². The van der Waals surface area contributed by atoms with Crippen molar-refractivity contribution in [3.8, 4) is 5.75 Å². The fourth-order valence-corrected chi connectivity index (χ4v) is 3.11. The van der Waals surface area contributed by atoms with E-state index in [2.05, 4.69) is 22.1 Å². The van der Waals surface area contributed by atoms with Gasteiger partial charge < -0.3 is 15.0 Å². The van der Waals surface area contributed by atoms with Crippen LogP contribution < -0.4 is 15.0 Å². The Balaban J connectivity index is 1.77. The van der Waals surface area contributed by atoms with Crippen molar-refractivity contribution in [2.45, 2.75) is 26.7 Å². The number of nitrogens with zero attached hydrogens (tertiary/aromatic N) is 2. The molecule has 1 aromatic carbocycles. The minimum Gasteiger partial charge on any atom is -0.495 e. The van der Waals surface area contributed by atoms with Gasteiger partial charge in [0.25, 0.3) is 5.91 Å². The Kier molecular flexibility index (Phi) is 5.22. The van der Waals surface area contributed by atoms with Crippen molar-refractivity contribution < 1.29 is 9.53 Å². The van der Waals surface area contributed by atoms with Crippen LogP contribution in [0.15, 0.2) is 36.5 Å². The fraction of sp³-hybridized carbons (Fsp3) is 0.400. The number of rotatable bonds is 4. The number of piperidine rings is 1. The zero-order valence-electron chi connectivity index (χ0n) is 15.1. The molecule has 132 valence electrons. The Morgan fingerprint density at radius 1 is 1.24 bits per heavy atom. The minimum absolute atomic E-state index is 0.226. The van der Waals surface area contributed by atoms with E-state index in [0.717, 1.165) is 30.3 Å². The Hall–Kier alpha value is -2.56. The van der Waals surface area contributed by atoms with E-state index in [1.54, 1.807) is 13.3 Å². The van der Waals surface area contributed by atoms with E-state index >= 15 is 0 Å². The summed E-state index contributed by atoms with van der Waals surface area (Å²) < 4.78 is 5.32. The highest BCUT2D eigenvalue weighted by atomic mass is 16.5. The van der Waals surface area contributed by atoms with Crippen LogP contribution >= 0.6 is 0 Å². The maximum absolute atomic E-state index is 12.6. The molecule has 1 fully saturated rings. The molecule has 5 heteroatoms. The topological polar surface area (TPSA) is 54.5 Å². The summed E-state index contributed by atoms with van der Waals surface area (Å²) in [5.41, 5.74) is 3.19. The van der Waals surface area contributed by atoms with Gasteiger partial charge in [-0.2, -0.15) is 0 Å². The minimum atomic E-state index is -0.226. The molecule has 0 unspecified atom stereocenters. The van der Waals surface area contributed by atoms with Crippen LogP contribution in [0, 0.1) is 12.8 Å². The molecule has 1 amide bonds. The van der Waals surface area contributed by atoms with Crippen LogP contribution in [0.3, 0.4) is 0 Å². The van der Waals surface area contributed by atoms with Crippen LogP contribution in [0.5, 0.6) is 5.75 Å². The number of ether oxygens (including phenoxy) is 1. The van der Waals surface area contributed by atoms with Crippen molar-refractivity contribution in [2.75, 3.05) is 30.4 Å². The molecule has 1 aliphatic heterocycles. The molecular formula is C20H25N3O2. The molecule has 0 atom stereocenters. The van der Waals surface area contributed by atoms with Crippen LogP contribution in [-0.2, 0) is 0 Å². The number of amides is 1. The summed E-state index contributed by atoms with van der Waals surface area (Å²) in [6, 6.07) is 9.54. The number of hydrogen-bond acceptors (Lipinski definition) is 4. The monoisotopic (exact) mass is 339 g/mol. The number of aryl methyl sites for hydroxylation is 1. The second-order valence-corrected chi connectivity index (χ2v) is 6.73. The molecule has 1 aliphatic rings. The zero-order chi connectivity index (χ0) is 17.8. The van der Waals surface area contributed by atoms with Gasteiger partial charge in [0.1, 0.15) is 11.4 Å². The first-order valence-electron chi connectivity index (χ1n) is 8.74. The summed E-state index contributed by atoms with van der Waals surface area (Å²) in [7, 11) is 1.59. The van der Waals surface area contributed by atoms with Gasteiger partial charge in [-0.3, -0.25) is 9.78 Å². The Bertz CT molecular complexity index is 752. The number of nitrogens with one attached hydrogen (secondary N) is 1. The van der Waals surface area contributed by atoms with Crippen molar-refractivity contribution in [3.63, 3.8) is 0 Å². The lowest BCUT2D eigenvalue weighted by Gasteiger charge is -2.32. The molecule has 1 aromatic heterocycles. The quantitative estimate of drug-likeness (QED) is 0.918. The molecule has 0 bridgehead atoms. The van der Waals surface area contributed by atoms with Gasteiger partial charge in [-0.1, -0.05) is 13.0 Å². The average Bonchev–Trinajstić information content (AvgIpc) is 2.62. The summed E-state index contributed by atoms with van der Waals surface area (Å²) in [5.74, 6) is 1.19. The number of aromatic nitrogens is 1. The number of methoxy groups -OCH3 is 1. The lowest BCUT2D eigenvalue weighted by atomic mass is 9.99. The number of carbonyl (C=O) groups is 1. The highest BCUT2D eigenvalue weighted by molar-refractivity contribution is 6.04. The maximum Gasteiger partial charge on any atom is 0.274 e. The lowest BCUT2D eigenvalue weighted by Crippen LogP contribution is -2.33. The Morgan fingerprint density at radius 3 is 2.72 bits per heavy atom. The number of benzene rings is 1. The Morgan fingerprint density at radius 2 is 2.00 bits per heavy atom. The molecule has 0 saturated carbocycles. The average molecular weight is 339 g/mol. The first-order valence-corrected chi connectivity index (χ1v) is 8.74. The highest BCUT2D eigenvalue weighted by Crippen LogP contribution is 2.26. The molecule has 3 rings (SSSR count). The van der Waals surface area contributed by atoms with E-state index in [4.69, 9.17) is 4.74 Å². The smallest absolute Gasteiger partial charge is 0.274 e. The molecule has 2 aromatic rings. The summed E-state index contributed by atoms with van der Waals surface area (Å²) in [4.78, 5) is 19.2. The number of pyridine rings is 1. The first-order chi connectivity index (χ1) is 12.1. The van der Waals surface area contributed by atoms with Gasteiger partial charge in [0.15, 0.2) is 0 Å². The van der Waals surface area contributed by atoms with Crippen molar-refractivity contribution in [1.29, 1.82) is 0 Å². The van der Waals surface area contributed by atoms with E-state index in [0.29, 0.717) is 17.1 Å². The van der Waals surface area contributed by atoms with E-state index in [1.165, 1.54) is 12.8 Å². The summed E-state index contributed by atoms with van der Waals surface area (Å²) in [6.45, 7) is 6.32. The van der Waals surface area contributed by atoms with E-state index < -0.39 is 0 Å². The van der Waals surface area contributed by atoms with Gasteiger partial charge in [0.05, 0.1) is 12.8 Å². The van der Waals surface area contributed by atoms with Gasteiger partial charge in [-0.25, -0.2) is 0 Å². The predicted octanol–water partition coefficient (Wildman–Crippen LogP) is 3.89. The van der Waals surface area contributed by atoms with Gasteiger partial charge in [0, 0.05) is 25.0 Å². The standard InChI is InChI=1S/C20H25N3O2/c1-14-7-10-23(11-8-14)16-6-9-21-18(13-16)20(24)22-17-12-15(2)4-5-19(17)25-3/h4-6,9,12-14H,7-8,10-11H2,1-3H3,(H,22,24). The molecule has 0 spiro atoms. The third-order valence-corrected chi connectivity index (χ3v) is 4.73. The van der Waals surface area contributed by atoms with Crippen LogP contribution in [0.2, 0.25) is 0 Å². The van der Waals surface area contributed by atoms with Crippen LogP contribution in [0.1, 0.15) is 35.8 Å². The van der Waals surface area contributed by atoms with Crippen molar-refractivity contribution >= 4 is 17.3 Å². The van der Waals surface area contributed by atoms with Crippen molar-refractivity contribution in [3.05, 3.63) is 47.8 Å². The second-order valence-electron chi connectivity index (χ2n) is 6.73. The third-order valence-electron chi connectivity index (χ3n) is 4.73. The molecule has 2 heterocycles. The highest BCUT2D eigenvalue weighted by Gasteiger charge is 2.18. The Labute approximate surface area is 149 Å². The number of carbonyl (C=O) groups excluding carboxylic acids is 1. The van der Waals surface area contributed by atoms with E-state index in [-0.39, 0.29) is 5.91 Å². The van der Waals surface area contributed by atoms with E-state index in [1.807, 2.05) is 37.3 Å². The summed E-state index contributed by atoms with van der Waals surface area (Å²) in [5, 5.41) is 2.91. The summed E-state index contributed by atoms with van der Waals surface area (Å²) >= 11 is 0. The third kappa shape index (κ3) is 4.10. The fourth-order valence-electron chi connectivity index (χ4n) is 3.11.